The zero-order chi connectivity index (χ0) is 18.4. The van der Waals surface area contributed by atoms with Gasteiger partial charge >= 0.3 is 0 Å². The molecule has 1 amide bonds. The molecule has 0 spiro atoms. The van der Waals surface area contributed by atoms with Gasteiger partial charge in [-0.05, 0) is 42.0 Å². The van der Waals surface area contributed by atoms with E-state index in [1.165, 1.54) is 12.1 Å². The summed E-state index contributed by atoms with van der Waals surface area (Å²) in [6.45, 7) is 0.300. The molecule has 132 valence electrons. The molecule has 0 saturated carbocycles. The van der Waals surface area contributed by atoms with Gasteiger partial charge in [-0.1, -0.05) is 18.2 Å². The van der Waals surface area contributed by atoms with Crippen LogP contribution in [0.2, 0.25) is 0 Å². The van der Waals surface area contributed by atoms with Gasteiger partial charge in [-0.3, -0.25) is 9.78 Å². The second-order valence-electron chi connectivity index (χ2n) is 5.60. The lowest BCUT2D eigenvalue weighted by Gasteiger charge is -2.10. The van der Waals surface area contributed by atoms with Gasteiger partial charge in [-0.15, -0.1) is 0 Å². The number of hydrogen-bond donors (Lipinski definition) is 2. The average Bonchev–Trinajstić information content (AvgIpc) is 2.67. The minimum absolute atomic E-state index is 0.292. The number of nitrogens with one attached hydrogen (secondary N) is 2. The molecule has 0 saturated heterocycles. The van der Waals surface area contributed by atoms with Crippen molar-refractivity contribution >= 4 is 17.3 Å². The quantitative estimate of drug-likeness (QED) is 0.707. The third kappa shape index (κ3) is 4.57. The number of halogens is 1. The number of hydrogen-bond acceptors (Lipinski definition) is 4. The van der Waals surface area contributed by atoms with Crippen LogP contribution in [-0.2, 0) is 6.54 Å². The van der Waals surface area contributed by atoms with Crippen LogP contribution in [0.4, 0.5) is 15.8 Å². The number of amides is 1. The first-order chi connectivity index (χ1) is 12.6. The van der Waals surface area contributed by atoms with E-state index in [-0.39, 0.29) is 11.7 Å². The zero-order valence-electron chi connectivity index (χ0n) is 14.2. The van der Waals surface area contributed by atoms with Crippen LogP contribution in [0, 0.1) is 5.82 Å². The first kappa shape index (κ1) is 17.4. The monoisotopic (exact) mass is 351 g/mol. The van der Waals surface area contributed by atoms with Crippen molar-refractivity contribution in [2.45, 2.75) is 6.54 Å². The minimum atomic E-state index is -0.307. The van der Waals surface area contributed by atoms with E-state index in [1.54, 1.807) is 37.6 Å². The zero-order valence-corrected chi connectivity index (χ0v) is 14.2. The van der Waals surface area contributed by atoms with E-state index >= 15 is 0 Å². The van der Waals surface area contributed by atoms with Crippen molar-refractivity contribution in [1.82, 2.24) is 10.3 Å². The Kier molecular flexibility index (Phi) is 5.43. The molecule has 2 N–H and O–H groups in total. The Morgan fingerprint density at radius 3 is 2.62 bits per heavy atom. The minimum Gasteiger partial charge on any atom is -0.497 e. The van der Waals surface area contributed by atoms with Crippen molar-refractivity contribution in [3.05, 3.63) is 83.9 Å². The molecule has 5 nitrogen and oxygen atoms in total. The van der Waals surface area contributed by atoms with Crippen molar-refractivity contribution in [1.29, 1.82) is 0 Å². The van der Waals surface area contributed by atoms with Crippen molar-refractivity contribution < 1.29 is 13.9 Å². The van der Waals surface area contributed by atoms with Crippen LogP contribution in [0.1, 0.15) is 16.1 Å². The lowest BCUT2D eigenvalue weighted by molar-refractivity contribution is 0.0946. The van der Waals surface area contributed by atoms with E-state index in [0.29, 0.717) is 12.2 Å². The normalized spacial score (nSPS) is 10.2. The Hall–Kier alpha value is -3.41. The largest absolute Gasteiger partial charge is 0.497 e. The highest BCUT2D eigenvalue weighted by atomic mass is 19.1. The molecule has 1 heterocycles. The standard InChI is InChI=1S/C20H18FN3O2/c1-26-18-4-2-3-16(11-18)24-17-9-10-22-19(12-17)20(25)23-13-14-5-7-15(21)8-6-14/h2-12H,13H2,1H3,(H,22,24)(H,23,25). The second-order valence-corrected chi connectivity index (χ2v) is 5.60. The van der Waals surface area contributed by atoms with Gasteiger partial charge in [0.15, 0.2) is 0 Å². The number of methoxy groups -OCH3 is 1. The molecule has 0 aliphatic heterocycles. The SMILES string of the molecule is COc1cccc(Nc2ccnc(C(=O)NCc3ccc(F)cc3)c2)c1. The van der Waals surface area contributed by atoms with E-state index < -0.39 is 0 Å². The van der Waals surface area contributed by atoms with Crippen LogP contribution >= 0.6 is 0 Å². The maximum absolute atomic E-state index is 12.9. The number of aromatic nitrogens is 1. The van der Waals surface area contributed by atoms with Crippen LogP contribution in [0.5, 0.6) is 5.75 Å². The summed E-state index contributed by atoms with van der Waals surface area (Å²) in [6, 6.07) is 16.9. The predicted molar refractivity (Wildman–Crippen MR) is 98.1 cm³/mol. The van der Waals surface area contributed by atoms with Crippen LogP contribution in [0.25, 0.3) is 0 Å². The molecule has 3 aromatic rings. The van der Waals surface area contributed by atoms with Crippen LogP contribution < -0.4 is 15.4 Å². The van der Waals surface area contributed by atoms with E-state index in [0.717, 1.165) is 22.7 Å². The highest BCUT2D eigenvalue weighted by Crippen LogP contribution is 2.21. The molecule has 0 aliphatic carbocycles. The summed E-state index contributed by atoms with van der Waals surface area (Å²) in [7, 11) is 1.61. The molecule has 0 bridgehead atoms. The first-order valence-electron chi connectivity index (χ1n) is 8.04. The molecule has 0 aliphatic rings. The Balaban J connectivity index is 1.65. The maximum atomic E-state index is 12.9. The van der Waals surface area contributed by atoms with Crippen molar-refractivity contribution in [2.75, 3.05) is 12.4 Å². The number of ether oxygens (including phenoxy) is 1. The predicted octanol–water partition coefficient (Wildman–Crippen LogP) is 3.90. The van der Waals surface area contributed by atoms with Gasteiger partial charge < -0.3 is 15.4 Å². The van der Waals surface area contributed by atoms with Crippen molar-refractivity contribution in [3.8, 4) is 5.75 Å². The van der Waals surface area contributed by atoms with Gasteiger partial charge in [0, 0.05) is 30.2 Å². The molecule has 6 heteroatoms. The summed E-state index contributed by atoms with van der Waals surface area (Å²) in [6.07, 6.45) is 1.56. The van der Waals surface area contributed by atoms with Gasteiger partial charge in [-0.2, -0.15) is 0 Å². The van der Waals surface area contributed by atoms with Crippen LogP contribution in [-0.4, -0.2) is 18.0 Å². The number of anilines is 2. The summed E-state index contributed by atoms with van der Waals surface area (Å²) in [4.78, 5) is 16.4. The van der Waals surface area contributed by atoms with Crippen molar-refractivity contribution in [2.24, 2.45) is 0 Å². The molecule has 1 aromatic heterocycles. The summed E-state index contributed by atoms with van der Waals surface area (Å²) >= 11 is 0. The van der Waals surface area contributed by atoms with Gasteiger partial charge in [0.05, 0.1) is 7.11 Å². The number of rotatable bonds is 6. The fraction of sp³-hybridized carbons (Fsp3) is 0.100. The summed E-state index contributed by atoms with van der Waals surface area (Å²) in [5.41, 5.74) is 2.68. The van der Waals surface area contributed by atoms with Gasteiger partial charge in [0.25, 0.3) is 5.91 Å². The van der Waals surface area contributed by atoms with Crippen molar-refractivity contribution in [3.63, 3.8) is 0 Å². The van der Waals surface area contributed by atoms with Crippen LogP contribution in [0.15, 0.2) is 66.9 Å². The lowest BCUT2D eigenvalue weighted by atomic mass is 10.2. The molecule has 3 rings (SSSR count). The second kappa shape index (κ2) is 8.11. The van der Waals surface area contributed by atoms with E-state index in [9.17, 15) is 9.18 Å². The van der Waals surface area contributed by atoms with Gasteiger partial charge in [0.1, 0.15) is 17.3 Å². The summed E-state index contributed by atoms with van der Waals surface area (Å²) in [5, 5.41) is 5.98. The topological polar surface area (TPSA) is 63.2 Å². The Morgan fingerprint density at radius 2 is 1.85 bits per heavy atom. The molecule has 0 radical (unpaired) electrons. The Bertz CT molecular complexity index is 898. The van der Waals surface area contributed by atoms with Crippen LogP contribution in [0.3, 0.4) is 0 Å². The highest BCUT2D eigenvalue weighted by molar-refractivity contribution is 5.93. The first-order valence-corrected chi connectivity index (χ1v) is 8.04. The molecular formula is C20H18FN3O2. The molecule has 0 atom stereocenters. The third-order valence-electron chi connectivity index (χ3n) is 3.72. The molecule has 0 fully saturated rings. The Morgan fingerprint density at radius 1 is 1.08 bits per heavy atom. The lowest BCUT2D eigenvalue weighted by Crippen LogP contribution is -2.23. The van der Waals surface area contributed by atoms with Gasteiger partial charge in [-0.25, -0.2) is 4.39 Å². The average molecular weight is 351 g/mol. The molecular weight excluding hydrogens is 333 g/mol. The Labute approximate surface area is 150 Å². The number of nitrogens with zero attached hydrogens (tertiary/aromatic N) is 1. The van der Waals surface area contributed by atoms with E-state index in [1.807, 2.05) is 24.3 Å². The number of benzene rings is 2. The summed E-state index contributed by atoms with van der Waals surface area (Å²) in [5.74, 6) is 0.128. The number of carbonyl (C=O) groups is 1. The van der Waals surface area contributed by atoms with E-state index in [4.69, 9.17) is 4.74 Å². The fourth-order valence-electron chi connectivity index (χ4n) is 2.38. The fourth-order valence-corrected chi connectivity index (χ4v) is 2.38. The van der Waals surface area contributed by atoms with Gasteiger partial charge in [0.2, 0.25) is 0 Å². The maximum Gasteiger partial charge on any atom is 0.270 e. The van der Waals surface area contributed by atoms with E-state index in [2.05, 4.69) is 15.6 Å². The smallest absolute Gasteiger partial charge is 0.270 e. The third-order valence-corrected chi connectivity index (χ3v) is 3.72. The highest BCUT2D eigenvalue weighted by Gasteiger charge is 2.08. The summed E-state index contributed by atoms with van der Waals surface area (Å²) < 4.78 is 18.1. The number of carbonyl (C=O) groups excluding carboxylic acids is 1. The molecule has 2 aromatic carbocycles. The number of pyridine rings is 1. The molecule has 26 heavy (non-hydrogen) atoms. The molecule has 0 unspecified atom stereocenters.